The molecule has 0 radical (unpaired) electrons. The van der Waals surface area contributed by atoms with Gasteiger partial charge in [-0.1, -0.05) is 6.07 Å². The summed E-state index contributed by atoms with van der Waals surface area (Å²) in [5.74, 6) is 0.905. The largest absolute Gasteiger partial charge is 0.477 e. The molecule has 2 fully saturated rings. The van der Waals surface area contributed by atoms with Gasteiger partial charge in [-0.3, -0.25) is 4.99 Å². The van der Waals surface area contributed by atoms with Crippen LogP contribution in [0, 0.1) is 17.6 Å². The highest BCUT2D eigenvalue weighted by molar-refractivity contribution is 5.80. The fraction of sp³-hybridized carbons (Fsp3) is 0.455. The number of hydrogen-bond donors (Lipinski definition) is 2. The summed E-state index contributed by atoms with van der Waals surface area (Å²) in [5.41, 5.74) is 1.08. The van der Waals surface area contributed by atoms with Crippen molar-refractivity contribution in [2.75, 3.05) is 31.6 Å². The third kappa shape index (κ3) is 5.17. The Kier molecular flexibility index (Phi) is 6.30. The highest BCUT2D eigenvalue weighted by Gasteiger charge is 2.27. The SMILES string of the molecule is CN=C(NCc1ccnc(OCC2CC2)c1)NC1CCN(c2c(F)cccc2F)C1. The first-order valence-electron chi connectivity index (χ1n) is 10.4. The number of anilines is 1. The molecule has 1 aromatic heterocycles. The Labute approximate surface area is 175 Å². The van der Waals surface area contributed by atoms with E-state index in [2.05, 4.69) is 20.6 Å². The van der Waals surface area contributed by atoms with E-state index < -0.39 is 11.6 Å². The van der Waals surface area contributed by atoms with Gasteiger partial charge in [-0.25, -0.2) is 13.8 Å². The number of ether oxygens (including phenoxy) is 1. The summed E-state index contributed by atoms with van der Waals surface area (Å²) in [7, 11) is 1.70. The van der Waals surface area contributed by atoms with E-state index in [9.17, 15) is 8.78 Å². The lowest BCUT2D eigenvalue weighted by Gasteiger charge is -2.21. The maximum absolute atomic E-state index is 14.0. The zero-order valence-electron chi connectivity index (χ0n) is 17.1. The summed E-state index contributed by atoms with van der Waals surface area (Å²) < 4.78 is 33.8. The molecule has 8 heteroatoms. The van der Waals surface area contributed by atoms with Crippen LogP contribution in [0.1, 0.15) is 24.8 Å². The number of aromatic nitrogens is 1. The zero-order valence-corrected chi connectivity index (χ0v) is 17.1. The van der Waals surface area contributed by atoms with Crippen molar-refractivity contribution < 1.29 is 13.5 Å². The molecular formula is C22H27F2N5O. The number of nitrogens with one attached hydrogen (secondary N) is 2. The van der Waals surface area contributed by atoms with Crippen molar-refractivity contribution in [1.82, 2.24) is 15.6 Å². The van der Waals surface area contributed by atoms with Crippen LogP contribution in [-0.4, -0.2) is 43.7 Å². The minimum absolute atomic E-state index is 0.0419. The molecular weight excluding hydrogens is 388 g/mol. The van der Waals surface area contributed by atoms with Gasteiger partial charge in [0.25, 0.3) is 0 Å². The molecule has 0 bridgehead atoms. The van der Waals surface area contributed by atoms with E-state index in [1.165, 1.54) is 31.0 Å². The van der Waals surface area contributed by atoms with Crippen molar-refractivity contribution in [2.45, 2.75) is 31.8 Å². The number of aliphatic imine (C=N–C) groups is 1. The molecule has 2 aromatic rings. The molecule has 1 aliphatic heterocycles. The van der Waals surface area contributed by atoms with Gasteiger partial charge in [-0.15, -0.1) is 0 Å². The fourth-order valence-electron chi connectivity index (χ4n) is 3.57. The van der Waals surface area contributed by atoms with Gasteiger partial charge in [0.15, 0.2) is 5.96 Å². The summed E-state index contributed by atoms with van der Waals surface area (Å²) in [6, 6.07) is 7.87. The van der Waals surface area contributed by atoms with E-state index in [-0.39, 0.29) is 11.7 Å². The zero-order chi connectivity index (χ0) is 20.9. The normalized spacial score (nSPS) is 19.1. The van der Waals surface area contributed by atoms with Crippen molar-refractivity contribution in [1.29, 1.82) is 0 Å². The summed E-state index contributed by atoms with van der Waals surface area (Å²) in [5, 5.41) is 6.63. The summed E-state index contributed by atoms with van der Waals surface area (Å²) in [6.07, 6.45) is 4.99. The van der Waals surface area contributed by atoms with Crippen LogP contribution < -0.4 is 20.3 Å². The fourth-order valence-corrected chi connectivity index (χ4v) is 3.57. The number of nitrogens with zero attached hydrogens (tertiary/aromatic N) is 3. The molecule has 1 unspecified atom stereocenters. The number of pyridine rings is 1. The van der Waals surface area contributed by atoms with Gasteiger partial charge in [0.1, 0.15) is 17.3 Å². The molecule has 2 N–H and O–H groups in total. The van der Waals surface area contributed by atoms with Gasteiger partial charge in [0.2, 0.25) is 5.88 Å². The second-order valence-electron chi connectivity index (χ2n) is 7.83. The van der Waals surface area contributed by atoms with E-state index in [4.69, 9.17) is 4.74 Å². The van der Waals surface area contributed by atoms with Crippen LogP contribution in [0.15, 0.2) is 41.5 Å². The standard InChI is InChI=1S/C22H27F2N5O/c1-25-22(27-12-16-7-9-26-20(11-16)30-14-15-5-6-15)28-17-8-10-29(13-17)21-18(23)3-2-4-19(21)24/h2-4,7,9,11,15,17H,5-6,8,10,12-14H2,1H3,(H2,25,27,28). The number of halogens is 2. The molecule has 160 valence electrons. The monoisotopic (exact) mass is 415 g/mol. The first-order valence-corrected chi connectivity index (χ1v) is 10.4. The van der Waals surface area contributed by atoms with Gasteiger partial charge >= 0.3 is 0 Å². The van der Waals surface area contributed by atoms with Crippen LogP contribution in [0.4, 0.5) is 14.5 Å². The second kappa shape index (κ2) is 9.28. The van der Waals surface area contributed by atoms with Gasteiger partial charge in [0.05, 0.1) is 6.61 Å². The van der Waals surface area contributed by atoms with Crippen LogP contribution in [0.3, 0.4) is 0 Å². The van der Waals surface area contributed by atoms with Gasteiger partial charge < -0.3 is 20.3 Å². The first-order chi connectivity index (χ1) is 14.6. The summed E-state index contributed by atoms with van der Waals surface area (Å²) in [4.78, 5) is 10.3. The van der Waals surface area contributed by atoms with Gasteiger partial charge in [-0.05, 0) is 48.9 Å². The Morgan fingerprint density at radius 2 is 2.03 bits per heavy atom. The molecule has 0 spiro atoms. The topological polar surface area (TPSA) is 61.8 Å². The molecule has 6 nitrogen and oxygen atoms in total. The van der Waals surface area contributed by atoms with Crippen molar-refractivity contribution in [2.24, 2.45) is 10.9 Å². The first kappa shape index (κ1) is 20.4. The number of rotatable bonds is 7. The predicted octanol–water partition coefficient (Wildman–Crippen LogP) is 3.09. The molecule has 4 rings (SSSR count). The number of para-hydroxylation sites is 1. The van der Waals surface area contributed by atoms with Crippen LogP contribution in [0.25, 0.3) is 0 Å². The summed E-state index contributed by atoms with van der Waals surface area (Å²) >= 11 is 0. The number of guanidine groups is 1. The Bertz CT molecular complexity index is 883. The lowest BCUT2D eigenvalue weighted by Crippen LogP contribution is -2.44. The molecule has 1 aromatic carbocycles. The Morgan fingerprint density at radius 3 is 2.77 bits per heavy atom. The molecule has 1 aliphatic carbocycles. The molecule has 1 atom stereocenters. The van der Waals surface area contributed by atoms with Crippen LogP contribution in [-0.2, 0) is 6.54 Å². The minimum Gasteiger partial charge on any atom is -0.477 e. The van der Waals surface area contributed by atoms with Crippen LogP contribution >= 0.6 is 0 Å². The van der Waals surface area contributed by atoms with Gasteiger partial charge in [-0.2, -0.15) is 0 Å². The Balaban J connectivity index is 1.28. The molecule has 2 aliphatic rings. The Morgan fingerprint density at radius 1 is 1.23 bits per heavy atom. The van der Waals surface area contributed by atoms with Crippen molar-refractivity contribution >= 4 is 11.6 Å². The molecule has 2 heterocycles. The highest BCUT2D eigenvalue weighted by atomic mass is 19.1. The van der Waals surface area contributed by atoms with E-state index >= 15 is 0 Å². The van der Waals surface area contributed by atoms with E-state index in [1.807, 2.05) is 12.1 Å². The van der Waals surface area contributed by atoms with E-state index in [0.717, 1.165) is 18.6 Å². The van der Waals surface area contributed by atoms with Crippen molar-refractivity contribution in [3.05, 3.63) is 53.7 Å². The maximum Gasteiger partial charge on any atom is 0.213 e. The molecule has 0 amide bonds. The lowest BCUT2D eigenvalue weighted by atomic mass is 10.2. The average molecular weight is 415 g/mol. The van der Waals surface area contributed by atoms with Gasteiger partial charge in [0, 0.05) is 45.0 Å². The molecule has 1 saturated carbocycles. The lowest BCUT2D eigenvalue weighted by molar-refractivity contribution is 0.288. The van der Waals surface area contributed by atoms with Crippen LogP contribution in [0.5, 0.6) is 5.88 Å². The average Bonchev–Trinajstić information content (AvgIpc) is 3.47. The Hall–Kier alpha value is -2.90. The highest BCUT2D eigenvalue weighted by Crippen LogP contribution is 2.29. The minimum atomic E-state index is -0.532. The molecule has 30 heavy (non-hydrogen) atoms. The summed E-state index contributed by atoms with van der Waals surface area (Å²) in [6.45, 7) is 2.39. The smallest absolute Gasteiger partial charge is 0.213 e. The van der Waals surface area contributed by atoms with Crippen molar-refractivity contribution in [3.63, 3.8) is 0 Å². The number of benzene rings is 1. The second-order valence-corrected chi connectivity index (χ2v) is 7.83. The number of hydrogen-bond acceptors (Lipinski definition) is 4. The quantitative estimate of drug-likeness (QED) is 0.538. The van der Waals surface area contributed by atoms with E-state index in [0.29, 0.717) is 37.4 Å². The third-order valence-electron chi connectivity index (χ3n) is 5.43. The maximum atomic E-state index is 14.0. The van der Waals surface area contributed by atoms with Crippen molar-refractivity contribution in [3.8, 4) is 5.88 Å². The van der Waals surface area contributed by atoms with Crippen LogP contribution in [0.2, 0.25) is 0 Å². The third-order valence-corrected chi connectivity index (χ3v) is 5.43. The predicted molar refractivity (Wildman–Crippen MR) is 113 cm³/mol. The molecule has 1 saturated heterocycles. The van der Waals surface area contributed by atoms with E-state index in [1.54, 1.807) is 18.1 Å².